The van der Waals surface area contributed by atoms with Gasteiger partial charge in [0.2, 0.25) is 0 Å². The summed E-state index contributed by atoms with van der Waals surface area (Å²) < 4.78 is 11.3. The molecule has 138 valence electrons. The van der Waals surface area contributed by atoms with Crippen LogP contribution in [-0.2, 0) is 0 Å². The zero-order valence-corrected chi connectivity index (χ0v) is 15.4. The Labute approximate surface area is 160 Å². The number of rotatable bonds is 5. The van der Waals surface area contributed by atoms with Crippen LogP contribution < -0.4 is 14.8 Å². The number of hydrogen-bond acceptors (Lipinski definition) is 5. The lowest BCUT2D eigenvalue weighted by Gasteiger charge is -2.22. The molecule has 3 aromatic rings. The van der Waals surface area contributed by atoms with E-state index in [0.717, 1.165) is 40.5 Å². The molecule has 1 atom stereocenters. The van der Waals surface area contributed by atoms with Crippen LogP contribution in [0.5, 0.6) is 11.5 Å². The average molecular weight is 381 g/mol. The number of H-pyrrole nitrogens is 1. The van der Waals surface area contributed by atoms with E-state index in [9.17, 15) is 4.79 Å². The van der Waals surface area contributed by atoms with E-state index in [4.69, 9.17) is 9.47 Å². The molecule has 1 unspecified atom stereocenters. The van der Waals surface area contributed by atoms with Crippen LogP contribution in [-0.4, -0.2) is 29.3 Å². The Balaban J connectivity index is 1.36. The number of carbonyl (C=O) groups is 1. The minimum Gasteiger partial charge on any atom is -0.486 e. The van der Waals surface area contributed by atoms with Gasteiger partial charge >= 0.3 is 0 Å². The van der Waals surface area contributed by atoms with Gasteiger partial charge in [0.25, 0.3) is 5.91 Å². The van der Waals surface area contributed by atoms with Gasteiger partial charge in [0.1, 0.15) is 13.2 Å². The summed E-state index contributed by atoms with van der Waals surface area (Å²) in [5, 5.41) is 12.3. The highest BCUT2D eigenvalue weighted by Gasteiger charge is 2.34. The lowest BCUT2D eigenvalue weighted by Crippen LogP contribution is -2.30. The molecule has 1 aliphatic heterocycles. The second kappa shape index (κ2) is 6.74. The second-order valence-electron chi connectivity index (χ2n) is 6.84. The maximum absolute atomic E-state index is 12.8. The van der Waals surface area contributed by atoms with Crippen LogP contribution >= 0.6 is 11.3 Å². The molecule has 0 spiro atoms. The van der Waals surface area contributed by atoms with Crippen molar-refractivity contribution < 1.29 is 14.3 Å². The Morgan fingerprint density at radius 3 is 2.81 bits per heavy atom. The Hall–Kier alpha value is -2.80. The highest BCUT2D eigenvalue weighted by atomic mass is 32.1. The lowest BCUT2D eigenvalue weighted by molar-refractivity contribution is 0.0926. The molecule has 1 fully saturated rings. The summed E-state index contributed by atoms with van der Waals surface area (Å²) in [5.74, 6) is 1.80. The Morgan fingerprint density at radius 2 is 2.04 bits per heavy atom. The van der Waals surface area contributed by atoms with Crippen LogP contribution in [0.1, 0.15) is 34.9 Å². The summed E-state index contributed by atoms with van der Waals surface area (Å²) in [4.78, 5) is 13.8. The number of aromatic nitrogens is 2. The predicted molar refractivity (Wildman–Crippen MR) is 102 cm³/mol. The van der Waals surface area contributed by atoms with E-state index in [1.807, 2.05) is 35.7 Å². The lowest BCUT2D eigenvalue weighted by atomic mass is 10.0. The number of ether oxygens (including phenoxy) is 2. The maximum Gasteiger partial charge on any atom is 0.272 e. The molecule has 0 radical (unpaired) electrons. The number of nitrogens with zero attached hydrogens (tertiary/aromatic N) is 1. The van der Waals surface area contributed by atoms with E-state index in [0.29, 0.717) is 24.8 Å². The molecule has 6 nitrogen and oxygen atoms in total. The molecule has 1 aromatic carbocycles. The van der Waals surface area contributed by atoms with Crippen molar-refractivity contribution in [3.8, 4) is 22.1 Å². The summed E-state index contributed by atoms with van der Waals surface area (Å²) in [6.45, 7) is 1.12. The molecule has 7 heteroatoms. The van der Waals surface area contributed by atoms with Crippen molar-refractivity contribution in [1.29, 1.82) is 0 Å². The van der Waals surface area contributed by atoms with Gasteiger partial charge in [-0.15, -0.1) is 11.3 Å². The van der Waals surface area contributed by atoms with Crippen LogP contribution in [0.25, 0.3) is 10.6 Å². The van der Waals surface area contributed by atoms with Crippen molar-refractivity contribution in [2.75, 3.05) is 13.2 Å². The number of aromatic amines is 1. The molecule has 2 aliphatic rings. The van der Waals surface area contributed by atoms with E-state index < -0.39 is 0 Å². The molecule has 3 heterocycles. The molecule has 0 bridgehead atoms. The van der Waals surface area contributed by atoms with Crippen LogP contribution in [0, 0.1) is 5.92 Å². The van der Waals surface area contributed by atoms with Crippen molar-refractivity contribution in [2.24, 2.45) is 5.92 Å². The van der Waals surface area contributed by atoms with E-state index in [1.54, 1.807) is 17.4 Å². The van der Waals surface area contributed by atoms with Gasteiger partial charge in [0.05, 0.1) is 16.6 Å². The fraction of sp³-hybridized carbons (Fsp3) is 0.300. The molecule has 2 N–H and O–H groups in total. The Morgan fingerprint density at radius 1 is 1.19 bits per heavy atom. The minimum atomic E-state index is -0.166. The number of fused-ring (bicyclic) bond motifs is 1. The highest BCUT2D eigenvalue weighted by Crippen LogP contribution is 2.43. The third kappa shape index (κ3) is 3.30. The van der Waals surface area contributed by atoms with E-state index in [1.165, 1.54) is 0 Å². The average Bonchev–Trinajstić information content (AvgIpc) is 3.19. The quantitative estimate of drug-likeness (QED) is 0.705. The highest BCUT2D eigenvalue weighted by molar-refractivity contribution is 7.13. The number of hydrogen-bond donors (Lipinski definition) is 2. The number of nitrogens with one attached hydrogen (secondary N) is 2. The van der Waals surface area contributed by atoms with Crippen molar-refractivity contribution in [2.45, 2.75) is 18.9 Å². The molecular weight excluding hydrogens is 362 g/mol. The van der Waals surface area contributed by atoms with Crippen LogP contribution in [0.2, 0.25) is 0 Å². The predicted octanol–water partition coefficient (Wildman–Crippen LogP) is 3.79. The van der Waals surface area contributed by atoms with Gasteiger partial charge in [-0.1, -0.05) is 12.1 Å². The molecule has 2 aromatic heterocycles. The van der Waals surface area contributed by atoms with E-state index in [-0.39, 0.29) is 11.9 Å². The van der Waals surface area contributed by atoms with Gasteiger partial charge in [-0.25, -0.2) is 0 Å². The van der Waals surface area contributed by atoms with E-state index >= 15 is 0 Å². The zero-order valence-electron chi connectivity index (χ0n) is 14.6. The first kappa shape index (κ1) is 16.4. The number of thiophene rings is 1. The van der Waals surface area contributed by atoms with E-state index in [2.05, 4.69) is 15.5 Å². The van der Waals surface area contributed by atoms with Gasteiger partial charge in [0, 0.05) is 0 Å². The summed E-state index contributed by atoms with van der Waals surface area (Å²) in [5.41, 5.74) is 2.31. The van der Waals surface area contributed by atoms with Crippen molar-refractivity contribution in [3.05, 3.63) is 53.0 Å². The Kier molecular flexibility index (Phi) is 4.09. The Bertz CT molecular complexity index is 963. The first-order valence-corrected chi connectivity index (χ1v) is 9.95. The topological polar surface area (TPSA) is 76.2 Å². The van der Waals surface area contributed by atoms with Crippen molar-refractivity contribution >= 4 is 17.2 Å². The third-order valence-electron chi connectivity index (χ3n) is 4.90. The molecule has 27 heavy (non-hydrogen) atoms. The number of carbonyl (C=O) groups excluding carboxylic acids is 1. The molecule has 1 amide bonds. The molecule has 5 rings (SSSR count). The summed E-state index contributed by atoms with van der Waals surface area (Å²) >= 11 is 1.61. The maximum atomic E-state index is 12.8. The van der Waals surface area contributed by atoms with Crippen LogP contribution in [0.15, 0.2) is 41.8 Å². The zero-order chi connectivity index (χ0) is 18.2. The number of benzene rings is 1. The van der Waals surface area contributed by atoms with Crippen LogP contribution in [0.3, 0.4) is 0 Å². The van der Waals surface area contributed by atoms with Crippen LogP contribution in [0.4, 0.5) is 0 Å². The van der Waals surface area contributed by atoms with Crippen molar-refractivity contribution in [1.82, 2.24) is 15.5 Å². The molecule has 1 aliphatic carbocycles. The fourth-order valence-electron chi connectivity index (χ4n) is 3.37. The smallest absolute Gasteiger partial charge is 0.272 e. The normalized spacial score (nSPS) is 16.7. The largest absolute Gasteiger partial charge is 0.486 e. The van der Waals surface area contributed by atoms with Gasteiger partial charge in [-0.2, -0.15) is 5.10 Å². The molecular formula is C20H19N3O3S. The summed E-state index contributed by atoms with van der Waals surface area (Å²) in [7, 11) is 0. The monoisotopic (exact) mass is 381 g/mol. The van der Waals surface area contributed by atoms with Gasteiger partial charge < -0.3 is 14.8 Å². The second-order valence-corrected chi connectivity index (χ2v) is 7.78. The van der Waals surface area contributed by atoms with Gasteiger partial charge in [-0.05, 0) is 54.0 Å². The van der Waals surface area contributed by atoms with Gasteiger partial charge in [0.15, 0.2) is 17.2 Å². The van der Waals surface area contributed by atoms with Crippen molar-refractivity contribution in [3.63, 3.8) is 0 Å². The summed E-state index contributed by atoms with van der Waals surface area (Å²) in [6, 6.07) is 11.7. The first-order valence-electron chi connectivity index (χ1n) is 9.07. The third-order valence-corrected chi connectivity index (χ3v) is 5.81. The SMILES string of the molecule is O=C(NC(c1ccc2c(c1)OCCO2)C1CC1)c1cc(-c2cccs2)[nH]n1. The fourth-order valence-corrected chi connectivity index (χ4v) is 4.06. The van der Waals surface area contributed by atoms with Gasteiger partial charge in [-0.3, -0.25) is 9.89 Å². The minimum absolute atomic E-state index is 0.0461. The molecule has 1 saturated carbocycles. The first-order chi connectivity index (χ1) is 13.3. The number of amides is 1. The summed E-state index contributed by atoms with van der Waals surface area (Å²) in [6.07, 6.45) is 2.22. The standard InChI is InChI=1S/C20H19N3O3S/c24-20(15-11-14(22-23-15)18-2-1-9-27-18)21-19(12-3-4-12)13-5-6-16-17(10-13)26-8-7-25-16/h1-2,5-6,9-12,19H,3-4,7-8H2,(H,21,24)(H,22,23). The molecule has 0 saturated heterocycles.